The minimum absolute atomic E-state index is 0.146. The molecule has 0 bridgehead atoms. The number of amides is 2. The van der Waals surface area contributed by atoms with Crippen molar-refractivity contribution >= 4 is 29.3 Å². The van der Waals surface area contributed by atoms with Gasteiger partial charge in [0, 0.05) is 16.9 Å². The van der Waals surface area contributed by atoms with Crippen LogP contribution in [-0.2, 0) is 0 Å². The summed E-state index contributed by atoms with van der Waals surface area (Å²) in [5.74, 6) is 1.92. The van der Waals surface area contributed by atoms with Crippen molar-refractivity contribution < 1.29 is 23.8 Å². The lowest BCUT2D eigenvalue weighted by molar-refractivity contribution is 0.104. The maximum Gasteiger partial charge on any atom is 0.323 e. The van der Waals surface area contributed by atoms with Crippen molar-refractivity contribution in [1.29, 1.82) is 0 Å². The van der Waals surface area contributed by atoms with Gasteiger partial charge in [-0.05, 0) is 72.3 Å². The number of hydrogen-bond acceptors (Lipinski definition) is 5. The number of ketones is 1. The maximum atomic E-state index is 12.4. The van der Waals surface area contributed by atoms with Crippen molar-refractivity contribution in [2.45, 2.75) is 0 Å². The summed E-state index contributed by atoms with van der Waals surface area (Å²) < 4.78 is 15.7. The number of anilines is 2. The van der Waals surface area contributed by atoms with E-state index < -0.39 is 0 Å². The molecule has 0 saturated heterocycles. The van der Waals surface area contributed by atoms with Crippen molar-refractivity contribution in [2.24, 2.45) is 0 Å². The van der Waals surface area contributed by atoms with E-state index in [-0.39, 0.29) is 18.6 Å². The third-order valence-electron chi connectivity index (χ3n) is 4.60. The highest BCUT2D eigenvalue weighted by molar-refractivity contribution is 6.07. The first kappa shape index (κ1) is 20.0. The van der Waals surface area contributed by atoms with Crippen LogP contribution >= 0.6 is 0 Å². The van der Waals surface area contributed by atoms with Gasteiger partial charge in [-0.3, -0.25) is 4.79 Å². The van der Waals surface area contributed by atoms with Crippen LogP contribution in [0.1, 0.15) is 15.9 Å². The molecule has 0 saturated carbocycles. The number of carbonyl (C=O) groups excluding carboxylic acids is 2. The topological polar surface area (TPSA) is 85.9 Å². The number of carbonyl (C=O) groups is 2. The van der Waals surface area contributed by atoms with Gasteiger partial charge in [0.1, 0.15) is 5.75 Å². The molecule has 4 rings (SSSR count). The van der Waals surface area contributed by atoms with E-state index in [4.69, 9.17) is 14.2 Å². The Hall–Kier alpha value is -4.26. The van der Waals surface area contributed by atoms with E-state index >= 15 is 0 Å². The molecule has 0 fully saturated rings. The Morgan fingerprint density at radius 1 is 0.871 bits per heavy atom. The average molecular weight is 416 g/mol. The summed E-state index contributed by atoms with van der Waals surface area (Å²) in [6, 6.07) is 18.8. The molecule has 7 nitrogen and oxygen atoms in total. The summed E-state index contributed by atoms with van der Waals surface area (Å²) in [5, 5.41) is 5.46. The van der Waals surface area contributed by atoms with Gasteiger partial charge in [-0.1, -0.05) is 12.1 Å². The number of nitrogens with one attached hydrogen (secondary N) is 2. The Morgan fingerprint density at radius 3 is 2.19 bits per heavy atom. The SMILES string of the molecule is COc1ccc(NC(=O)Nc2ccc(C(=O)/C=C/c3ccc4c(c3)OCO4)cc2)cc1. The van der Waals surface area contributed by atoms with E-state index in [9.17, 15) is 9.59 Å². The second-order valence-corrected chi connectivity index (χ2v) is 6.70. The van der Waals surface area contributed by atoms with Gasteiger partial charge in [-0.15, -0.1) is 0 Å². The van der Waals surface area contributed by atoms with Crippen LogP contribution in [0.15, 0.2) is 72.8 Å². The molecule has 2 amide bonds. The zero-order valence-electron chi connectivity index (χ0n) is 16.8. The number of fused-ring (bicyclic) bond motifs is 1. The molecule has 1 heterocycles. The fourth-order valence-corrected chi connectivity index (χ4v) is 2.97. The lowest BCUT2D eigenvalue weighted by Gasteiger charge is -2.08. The van der Waals surface area contributed by atoms with Crippen LogP contribution in [0.2, 0.25) is 0 Å². The number of hydrogen-bond donors (Lipinski definition) is 2. The first-order valence-electron chi connectivity index (χ1n) is 9.55. The molecular weight excluding hydrogens is 396 g/mol. The molecule has 3 aromatic rings. The second-order valence-electron chi connectivity index (χ2n) is 6.70. The van der Waals surface area contributed by atoms with Crippen LogP contribution in [0, 0.1) is 0 Å². The summed E-state index contributed by atoms with van der Waals surface area (Å²) in [5.41, 5.74) is 2.56. The summed E-state index contributed by atoms with van der Waals surface area (Å²) in [6.45, 7) is 0.208. The molecule has 0 aliphatic carbocycles. The van der Waals surface area contributed by atoms with Crippen molar-refractivity contribution in [3.05, 3.63) is 83.9 Å². The molecule has 1 aliphatic heterocycles. The normalized spacial score (nSPS) is 11.9. The quantitative estimate of drug-likeness (QED) is 0.438. The summed E-state index contributed by atoms with van der Waals surface area (Å²) >= 11 is 0. The summed E-state index contributed by atoms with van der Waals surface area (Å²) in [7, 11) is 1.58. The highest BCUT2D eigenvalue weighted by Gasteiger charge is 2.12. The van der Waals surface area contributed by atoms with Crippen LogP contribution < -0.4 is 24.8 Å². The van der Waals surface area contributed by atoms with Gasteiger partial charge < -0.3 is 24.8 Å². The van der Waals surface area contributed by atoms with E-state index in [2.05, 4.69) is 10.6 Å². The Labute approximate surface area is 179 Å². The first-order valence-corrected chi connectivity index (χ1v) is 9.55. The molecule has 0 aromatic heterocycles. The number of ether oxygens (including phenoxy) is 3. The molecular formula is C24H20N2O5. The van der Waals surface area contributed by atoms with Gasteiger partial charge in [-0.25, -0.2) is 4.79 Å². The molecule has 156 valence electrons. The molecule has 0 spiro atoms. The van der Waals surface area contributed by atoms with Gasteiger partial charge in [-0.2, -0.15) is 0 Å². The Balaban J connectivity index is 1.33. The van der Waals surface area contributed by atoms with E-state index in [0.29, 0.717) is 34.2 Å². The van der Waals surface area contributed by atoms with Crippen LogP contribution in [0.5, 0.6) is 17.2 Å². The zero-order valence-corrected chi connectivity index (χ0v) is 16.8. The van der Waals surface area contributed by atoms with E-state index in [1.165, 1.54) is 6.08 Å². The highest BCUT2D eigenvalue weighted by Crippen LogP contribution is 2.32. The fourth-order valence-electron chi connectivity index (χ4n) is 2.97. The van der Waals surface area contributed by atoms with Crippen LogP contribution in [0.4, 0.5) is 16.2 Å². The minimum Gasteiger partial charge on any atom is -0.497 e. The van der Waals surface area contributed by atoms with Gasteiger partial charge in [0.15, 0.2) is 17.3 Å². The molecule has 1 aliphatic rings. The van der Waals surface area contributed by atoms with Crippen molar-refractivity contribution in [3.63, 3.8) is 0 Å². The number of urea groups is 1. The summed E-state index contributed by atoms with van der Waals surface area (Å²) in [6.07, 6.45) is 3.22. The minimum atomic E-state index is -0.382. The zero-order chi connectivity index (χ0) is 21.6. The molecule has 0 atom stereocenters. The Bertz CT molecular complexity index is 1120. The number of benzene rings is 3. The number of rotatable bonds is 6. The fraction of sp³-hybridized carbons (Fsp3) is 0.0833. The number of methoxy groups -OCH3 is 1. The molecule has 3 aromatic carbocycles. The predicted molar refractivity (Wildman–Crippen MR) is 118 cm³/mol. The molecule has 0 radical (unpaired) electrons. The largest absolute Gasteiger partial charge is 0.497 e. The third kappa shape index (κ3) is 5.02. The van der Waals surface area contributed by atoms with Crippen molar-refractivity contribution in [1.82, 2.24) is 0 Å². The van der Waals surface area contributed by atoms with E-state index in [1.807, 2.05) is 18.2 Å². The lowest BCUT2D eigenvalue weighted by Crippen LogP contribution is -2.19. The standard InChI is InChI=1S/C24H20N2O5/c1-29-20-10-8-19(9-11-20)26-24(28)25-18-6-4-17(5-7-18)21(27)12-2-16-3-13-22-23(14-16)31-15-30-22/h2-14H,15H2,1H3,(H2,25,26,28)/b12-2+. The highest BCUT2D eigenvalue weighted by atomic mass is 16.7. The van der Waals surface area contributed by atoms with Gasteiger partial charge in [0.05, 0.1) is 7.11 Å². The molecule has 2 N–H and O–H groups in total. The first-order chi connectivity index (χ1) is 15.1. The summed E-state index contributed by atoms with van der Waals surface area (Å²) in [4.78, 5) is 24.6. The molecule has 31 heavy (non-hydrogen) atoms. The average Bonchev–Trinajstić information content (AvgIpc) is 3.26. The van der Waals surface area contributed by atoms with Gasteiger partial charge in [0.25, 0.3) is 0 Å². The maximum absolute atomic E-state index is 12.4. The van der Waals surface area contributed by atoms with Crippen LogP contribution in [0.3, 0.4) is 0 Å². The van der Waals surface area contributed by atoms with Crippen LogP contribution in [0.25, 0.3) is 6.08 Å². The van der Waals surface area contributed by atoms with Gasteiger partial charge in [0.2, 0.25) is 6.79 Å². The molecule has 0 unspecified atom stereocenters. The van der Waals surface area contributed by atoms with Crippen molar-refractivity contribution in [2.75, 3.05) is 24.5 Å². The monoisotopic (exact) mass is 416 g/mol. The molecule has 7 heteroatoms. The smallest absolute Gasteiger partial charge is 0.323 e. The van der Waals surface area contributed by atoms with E-state index in [1.54, 1.807) is 61.7 Å². The third-order valence-corrected chi connectivity index (χ3v) is 4.60. The van der Waals surface area contributed by atoms with E-state index in [0.717, 1.165) is 5.56 Å². The van der Waals surface area contributed by atoms with Gasteiger partial charge >= 0.3 is 6.03 Å². The second kappa shape index (κ2) is 9.04. The Kier molecular flexibility index (Phi) is 5.84. The van der Waals surface area contributed by atoms with Crippen LogP contribution in [-0.4, -0.2) is 25.7 Å². The Morgan fingerprint density at radius 2 is 1.52 bits per heavy atom. The lowest BCUT2D eigenvalue weighted by atomic mass is 10.1. The number of allylic oxidation sites excluding steroid dienone is 1. The van der Waals surface area contributed by atoms with Crippen molar-refractivity contribution in [3.8, 4) is 17.2 Å². The predicted octanol–water partition coefficient (Wildman–Crippen LogP) is 4.96.